The highest BCUT2D eigenvalue weighted by Crippen LogP contribution is 2.18. The van der Waals surface area contributed by atoms with Crippen LogP contribution in [0.4, 0.5) is 0 Å². The molecule has 2 rings (SSSR count). The zero-order valence-electron chi connectivity index (χ0n) is 12.4. The third kappa shape index (κ3) is 3.97. The topological polar surface area (TPSA) is 41.6 Å². The largest absolute Gasteiger partial charge is 0.496 e. The molecule has 1 unspecified atom stereocenters. The highest BCUT2D eigenvalue weighted by atomic mass is 16.5. The van der Waals surface area contributed by atoms with Crippen molar-refractivity contribution in [1.29, 1.82) is 0 Å². The smallest absolute Gasteiger partial charge is 0.236 e. The second-order valence-corrected chi connectivity index (χ2v) is 5.39. The number of ether oxygens (including phenoxy) is 1. The van der Waals surface area contributed by atoms with Crippen molar-refractivity contribution in [2.75, 3.05) is 26.7 Å². The first kappa shape index (κ1) is 14.9. The van der Waals surface area contributed by atoms with Crippen LogP contribution in [0.25, 0.3) is 0 Å². The van der Waals surface area contributed by atoms with Crippen LogP contribution >= 0.6 is 0 Å². The third-order valence-electron chi connectivity index (χ3n) is 3.78. The maximum absolute atomic E-state index is 12.0. The first-order valence-electron chi connectivity index (χ1n) is 7.33. The molecule has 1 fully saturated rings. The lowest BCUT2D eigenvalue weighted by Gasteiger charge is -2.19. The SMILES string of the molecule is COc1ccccc1CC(C)NCC(=O)N1CCCC1. The van der Waals surface area contributed by atoms with E-state index in [0.29, 0.717) is 6.54 Å². The summed E-state index contributed by atoms with van der Waals surface area (Å²) in [5.41, 5.74) is 1.17. The highest BCUT2D eigenvalue weighted by Gasteiger charge is 2.18. The van der Waals surface area contributed by atoms with Gasteiger partial charge in [0.25, 0.3) is 0 Å². The summed E-state index contributed by atoms with van der Waals surface area (Å²) in [5.74, 6) is 1.13. The van der Waals surface area contributed by atoms with Crippen LogP contribution in [0.2, 0.25) is 0 Å². The fraction of sp³-hybridized carbons (Fsp3) is 0.562. The van der Waals surface area contributed by atoms with Gasteiger partial charge in [-0.3, -0.25) is 4.79 Å². The lowest BCUT2D eigenvalue weighted by atomic mass is 10.1. The number of carbonyl (C=O) groups excluding carboxylic acids is 1. The van der Waals surface area contributed by atoms with Crippen LogP contribution < -0.4 is 10.1 Å². The molecule has 0 radical (unpaired) electrons. The lowest BCUT2D eigenvalue weighted by Crippen LogP contribution is -2.40. The number of likely N-dealkylation sites (tertiary alicyclic amines) is 1. The molecule has 110 valence electrons. The van der Waals surface area contributed by atoms with E-state index in [1.165, 1.54) is 5.56 Å². The molecule has 0 aromatic heterocycles. The third-order valence-corrected chi connectivity index (χ3v) is 3.78. The molecule has 1 atom stereocenters. The Balaban J connectivity index is 1.80. The average Bonchev–Trinajstić information content (AvgIpc) is 2.99. The van der Waals surface area contributed by atoms with E-state index in [0.717, 1.165) is 38.1 Å². The molecule has 0 bridgehead atoms. The fourth-order valence-corrected chi connectivity index (χ4v) is 2.61. The first-order valence-corrected chi connectivity index (χ1v) is 7.33. The number of para-hydroxylation sites is 1. The Labute approximate surface area is 121 Å². The Morgan fingerprint density at radius 1 is 1.35 bits per heavy atom. The maximum Gasteiger partial charge on any atom is 0.236 e. The number of rotatable bonds is 6. The van der Waals surface area contributed by atoms with E-state index in [-0.39, 0.29) is 11.9 Å². The van der Waals surface area contributed by atoms with E-state index < -0.39 is 0 Å². The Morgan fingerprint density at radius 2 is 2.05 bits per heavy atom. The molecule has 4 heteroatoms. The van der Waals surface area contributed by atoms with Gasteiger partial charge in [-0.15, -0.1) is 0 Å². The molecule has 1 aromatic carbocycles. The molecule has 1 aliphatic rings. The molecule has 0 aliphatic carbocycles. The molecular formula is C16H24N2O2. The minimum absolute atomic E-state index is 0.217. The summed E-state index contributed by atoms with van der Waals surface area (Å²) in [5, 5.41) is 3.31. The number of hydrogen-bond acceptors (Lipinski definition) is 3. The van der Waals surface area contributed by atoms with E-state index in [4.69, 9.17) is 4.74 Å². The van der Waals surface area contributed by atoms with Gasteiger partial charge in [-0.05, 0) is 37.8 Å². The van der Waals surface area contributed by atoms with Crippen molar-refractivity contribution >= 4 is 5.91 Å². The van der Waals surface area contributed by atoms with Crippen molar-refractivity contribution in [3.63, 3.8) is 0 Å². The zero-order valence-corrected chi connectivity index (χ0v) is 12.4. The summed E-state index contributed by atoms with van der Waals surface area (Å²) >= 11 is 0. The molecule has 1 amide bonds. The van der Waals surface area contributed by atoms with Gasteiger partial charge < -0.3 is 15.0 Å². The van der Waals surface area contributed by atoms with Crippen LogP contribution in [0.3, 0.4) is 0 Å². The second kappa shape index (κ2) is 7.29. The van der Waals surface area contributed by atoms with Gasteiger partial charge in [0.05, 0.1) is 13.7 Å². The summed E-state index contributed by atoms with van der Waals surface area (Å²) in [6, 6.07) is 8.27. The first-order chi connectivity index (χ1) is 9.70. The molecule has 20 heavy (non-hydrogen) atoms. The van der Waals surface area contributed by atoms with Gasteiger partial charge in [-0.25, -0.2) is 0 Å². The molecule has 0 saturated carbocycles. The number of hydrogen-bond donors (Lipinski definition) is 1. The summed E-state index contributed by atoms with van der Waals surface area (Å²) < 4.78 is 5.35. The highest BCUT2D eigenvalue weighted by molar-refractivity contribution is 5.78. The summed E-state index contributed by atoms with van der Waals surface area (Å²) in [7, 11) is 1.69. The van der Waals surface area contributed by atoms with Crippen molar-refractivity contribution in [3.8, 4) is 5.75 Å². The number of benzene rings is 1. The molecule has 1 heterocycles. The van der Waals surface area contributed by atoms with E-state index in [1.54, 1.807) is 7.11 Å². The standard InChI is InChI=1S/C16H24N2O2/c1-13(11-14-7-3-4-8-15(14)20-2)17-12-16(19)18-9-5-6-10-18/h3-4,7-8,13,17H,5-6,9-12H2,1-2H3. The van der Waals surface area contributed by atoms with Crippen molar-refractivity contribution in [2.45, 2.75) is 32.2 Å². The van der Waals surface area contributed by atoms with Gasteiger partial charge in [0.15, 0.2) is 0 Å². The molecule has 1 N–H and O–H groups in total. The Morgan fingerprint density at radius 3 is 2.75 bits per heavy atom. The molecule has 1 saturated heterocycles. The number of nitrogens with zero attached hydrogens (tertiary/aromatic N) is 1. The number of amides is 1. The molecule has 4 nitrogen and oxygen atoms in total. The number of nitrogens with one attached hydrogen (secondary N) is 1. The summed E-state index contributed by atoms with van der Waals surface area (Å²) in [6.45, 7) is 4.36. The van der Waals surface area contributed by atoms with E-state index in [2.05, 4.69) is 18.3 Å². The molecular weight excluding hydrogens is 252 g/mol. The van der Waals surface area contributed by atoms with Gasteiger partial charge in [0.1, 0.15) is 5.75 Å². The van der Waals surface area contributed by atoms with Crippen LogP contribution in [-0.4, -0.2) is 43.6 Å². The summed E-state index contributed by atoms with van der Waals surface area (Å²) in [4.78, 5) is 13.9. The van der Waals surface area contributed by atoms with Crippen LogP contribution in [0, 0.1) is 0 Å². The Kier molecular flexibility index (Phi) is 5.41. The van der Waals surface area contributed by atoms with Crippen LogP contribution in [0.15, 0.2) is 24.3 Å². The lowest BCUT2D eigenvalue weighted by molar-refractivity contribution is -0.129. The Hall–Kier alpha value is -1.55. The second-order valence-electron chi connectivity index (χ2n) is 5.39. The van der Waals surface area contributed by atoms with Gasteiger partial charge in [-0.2, -0.15) is 0 Å². The molecule has 1 aliphatic heterocycles. The van der Waals surface area contributed by atoms with E-state index in [9.17, 15) is 4.79 Å². The van der Waals surface area contributed by atoms with Crippen molar-refractivity contribution in [1.82, 2.24) is 10.2 Å². The summed E-state index contributed by atoms with van der Waals surface area (Å²) in [6.07, 6.45) is 3.14. The average molecular weight is 276 g/mol. The zero-order chi connectivity index (χ0) is 14.4. The van der Waals surface area contributed by atoms with Gasteiger partial charge in [-0.1, -0.05) is 18.2 Å². The van der Waals surface area contributed by atoms with Crippen LogP contribution in [0.5, 0.6) is 5.75 Å². The Bertz CT molecular complexity index is 442. The van der Waals surface area contributed by atoms with Crippen molar-refractivity contribution in [3.05, 3.63) is 29.8 Å². The molecule has 0 spiro atoms. The maximum atomic E-state index is 12.0. The normalized spacial score (nSPS) is 16.2. The molecule has 1 aromatic rings. The van der Waals surface area contributed by atoms with Crippen molar-refractivity contribution in [2.24, 2.45) is 0 Å². The minimum atomic E-state index is 0.217. The quantitative estimate of drug-likeness (QED) is 0.862. The number of methoxy groups -OCH3 is 1. The minimum Gasteiger partial charge on any atom is -0.496 e. The van der Waals surface area contributed by atoms with Crippen LogP contribution in [-0.2, 0) is 11.2 Å². The predicted molar refractivity (Wildman–Crippen MR) is 80.0 cm³/mol. The number of carbonyl (C=O) groups is 1. The van der Waals surface area contributed by atoms with E-state index >= 15 is 0 Å². The monoisotopic (exact) mass is 276 g/mol. The van der Waals surface area contributed by atoms with Crippen molar-refractivity contribution < 1.29 is 9.53 Å². The fourth-order valence-electron chi connectivity index (χ4n) is 2.61. The van der Waals surface area contributed by atoms with Gasteiger partial charge >= 0.3 is 0 Å². The van der Waals surface area contributed by atoms with E-state index in [1.807, 2.05) is 23.1 Å². The van der Waals surface area contributed by atoms with Crippen LogP contribution in [0.1, 0.15) is 25.3 Å². The van der Waals surface area contributed by atoms with Gasteiger partial charge in [0, 0.05) is 19.1 Å². The predicted octanol–water partition coefficient (Wildman–Crippen LogP) is 1.84. The van der Waals surface area contributed by atoms with Gasteiger partial charge in [0.2, 0.25) is 5.91 Å².